The van der Waals surface area contributed by atoms with Gasteiger partial charge < -0.3 is 0 Å². The molecule has 128 valence electrons. The van der Waals surface area contributed by atoms with Crippen LogP contribution in [0.1, 0.15) is 18.9 Å². The number of hydrogen-bond donors (Lipinski definition) is 0. The van der Waals surface area contributed by atoms with Crippen molar-refractivity contribution in [1.82, 2.24) is 4.31 Å². The average Bonchev–Trinajstić information content (AvgIpc) is 2.51. The van der Waals surface area contributed by atoms with Crippen molar-refractivity contribution in [3.8, 4) is 0 Å². The molecule has 23 heavy (non-hydrogen) atoms. The van der Waals surface area contributed by atoms with Crippen LogP contribution < -0.4 is 4.90 Å². The van der Waals surface area contributed by atoms with Crippen molar-refractivity contribution in [2.24, 2.45) is 0 Å². The fraction of sp³-hybridized carbons (Fsp3) is 0.375. The number of carbonyl (C=O) groups is 1. The van der Waals surface area contributed by atoms with Crippen molar-refractivity contribution in [2.75, 3.05) is 32.3 Å². The van der Waals surface area contributed by atoms with Crippen LogP contribution >= 0.6 is 0 Å². The van der Waals surface area contributed by atoms with E-state index in [0.29, 0.717) is 6.42 Å². The summed E-state index contributed by atoms with van der Waals surface area (Å²) >= 11 is 1.40. The number of sulfonamides is 1. The number of nitrogens with zero attached hydrogens (tertiary/aromatic N) is 2. The predicted molar refractivity (Wildman–Crippen MR) is 92.6 cm³/mol. The van der Waals surface area contributed by atoms with Crippen molar-refractivity contribution in [3.05, 3.63) is 35.9 Å². The van der Waals surface area contributed by atoms with E-state index in [-0.39, 0.29) is 5.91 Å². The summed E-state index contributed by atoms with van der Waals surface area (Å²) in [6.45, 7) is 1.87. The maximum absolute atomic E-state index is 11.6. The van der Waals surface area contributed by atoms with Gasteiger partial charge in [-0.05, 0) is 0 Å². The van der Waals surface area contributed by atoms with Crippen LogP contribution in [0, 0.1) is 6.07 Å². The normalized spacial score (nSPS) is 11.0. The molecule has 1 aromatic rings. The molecule has 0 radical (unpaired) electrons. The minimum atomic E-state index is -2.91. The molecule has 7 heteroatoms. The molecule has 0 aliphatic carbocycles. The van der Waals surface area contributed by atoms with Gasteiger partial charge in [-0.1, -0.05) is 0 Å². The molecule has 0 heterocycles. The second-order valence-corrected chi connectivity index (χ2v) is 7.99. The molecule has 0 aliphatic rings. The van der Waals surface area contributed by atoms with E-state index in [1.54, 1.807) is 11.9 Å². The number of carbonyl (C=O) groups excluding carboxylic acids is 1. The fourth-order valence-electron chi connectivity index (χ4n) is 1.37. The third-order valence-electron chi connectivity index (χ3n) is 2.91. The monoisotopic (exact) mass is 507 g/mol. The standard InChI is InChI=1S/C13H14NO.C3H9NO2S.W/c1-4-8-11-9-6-7-10-12(11)14(3)13(15)5-2;1-4(2)7(3,5)6;/h1,4,6-8,10H,5H2,2-3H3;1-3H3;/q-1;;. The zero-order valence-corrected chi connectivity index (χ0v) is 17.9. The molecule has 0 atom stereocenters. The molecule has 5 nitrogen and oxygen atoms in total. The smallest absolute Gasteiger partial charge is 0.210 e. The third kappa shape index (κ3) is 8.35. The van der Waals surface area contributed by atoms with Crippen molar-refractivity contribution in [1.29, 1.82) is 0 Å². The largest absolute Gasteiger partial charge is 0.213 e. The Hall–Kier alpha value is -1.10. The first-order valence-corrected chi connectivity index (χ1v) is 10.5. The van der Waals surface area contributed by atoms with Gasteiger partial charge in [-0.2, -0.15) is 0 Å². The van der Waals surface area contributed by atoms with Gasteiger partial charge in [-0.25, -0.2) is 12.7 Å². The maximum Gasteiger partial charge on any atom is 0.210 e. The van der Waals surface area contributed by atoms with Crippen LogP contribution in [0.3, 0.4) is 0 Å². The zero-order chi connectivity index (χ0) is 18.0. The summed E-state index contributed by atoms with van der Waals surface area (Å²) in [7, 11) is 1.88. The Balaban J connectivity index is 0.000000585. The summed E-state index contributed by atoms with van der Waals surface area (Å²) in [5.41, 5.74) is 1.85. The molecule has 0 fully saturated rings. The Kier molecular flexibility index (Phi) is 10.1. The van der Waals surface area contributed by atoms with Crippen LogP contribution in [0.5, 0.6) is 0 Å². The van der Waals surface area contributed by atoms with E-state index >= 15 is 0 Å². The maximum atomic E-state index is 11.6. The number of amides is 1. The van der Waals surface area contributed by atoms with Gasteiger partial charge in [0.2, 0.25) is 10.0 Å². The second kappa shape index (κ2) is 10.6. The van der Waals surface area contributed by atoms with Crippen LogP contribution in [0.15, 0.2) is 24.3 Å². The molecule has 1 amide bonds. The average molecular weight is 507 g/mol. The minimum Gasteiger partial charge on any atom is -0.213 e. The first-order chi connectivity index (χ1) is 10.6. The molecule has 0 unspecified atom stereocenters. The van der Waals surface area contributed by atoms with E-state index in [9.17, 15) is 13.2 Å². The minimum absolute atomic E-state index is 0.111. The van der Waals surface area contributed by atoms with Gasteiger partial charge in [0, 0.05) is 14.1 Å². The van der Waals surface area contributed by atoms with Crippen LogP contribution in [-0.2, 0) is 34.2 Å². The van der Waals surface area contributed by atoms with Gasteiger partial charge in [0.05, 0.1) is 6.26 Å². The summed E-state index contributed by atoms with van der Waals surface area (Å²) in [5, 5.41) is 0. The summed E-state index contributed by atoms with van der Waals surface area (Å²) in [6.07, 6.45) is 5.63. The van der Waals surface area contributed by atoms with Gasteiger partial charge >= 0.3 is 107 Å². The Morgan fingerprint density at radius 2 is 1.91 bits per heavy atom. The SMILES string of the molecule is CCC(=O)N(C)c1ccc[c-]c1C=C[CH]=[W].CN(C)S(C)(=O)=O. The van der Waals surface area contributed by atoms with E-state index in [4.69, 9.17) is 0 Å². The second-order valence-electron chi connectivity index (χ2n) is 4.82. The fourth-order valence-corrected chi connectivity index (χ4v) is 1.66. The molecule has 1 rings (SSSR count). The Morgan fingerprint density at radius 1 is 1.35 bits per heavy atom. The van der Waals surface area contributed by atoms with Gasteiger partial charge in [0.15, 0.2) is 0 Å². The van der Waals surface area contributed by atoms with E-state index in [2.05, 4.69) is 6.07 Å². The van der Waals surface area contributed by atoms with E-state index in [1.165, 1.54) is 33.4 Å². The summed E-state index contributed by atoms with van der Waals surface area (Å²) in [6, 6.07) is 8.83. The molecule has 0 spiro atoms. The van der Waals surface area contributed by atoms with Gasteiger partial charge in [-0.15, -0.1) is 0 Å². The molecule has 1 aromatic carbocycles. The quantitative estimate of drug-likeness (QED) is 0.571. The molecular formula is C16H23N2O3SW-. The van der Waals surface area contributed by atoms with Gasteiger partial charge in [0.25, 0.3) is 0 Å². The third-order valence-corrected chi connectivity index (χ3v) is 4.80. The van der Waals surface area contributed by atoms with Crippen molar-refractivity contribution in [3.63, 3.8) is 0 Å². The summed E-state index contributed by atoms with van der Waals surface area (Å²) in [4.78, 5) is 13.3. The molecule has 0 saturated heterocycles. The van der Waals surface area contributed by atoms with Gasteiger partial charge in [0.1, 0.15) is 0 Å². The topological polar surface area (TPSA) is 57.7 Å². The van der Waals surface area contributed by atoms with Gasteiger partial charge in [-0.3, -0.25) is 0 Å². The number of benzene rings is 1. The van der Waals surface area contributed by atoms with Crippen molar-refractivity contribution in [2.45, 2.75) is 13.3 Å². The van der Waals surface area contributed by atoms with E-state index in [0.717, 1.165) is 21.8 Å². The molecule has 0 aliphatic heterocycles. The Bertz CT molecular complexity index is 655. The first kappa shape index (κ1) is 21.9. The van der Waals surface area contributed by atoms with Crippen molar-refractivity contribution < 1.29 is 32.6 Å². The van der Waals surface area contributed by atoms with E-state index in [1.807, 2.05) is 41.7 Å². The molecule has 0 saturated carbocycles. The summed E-state index contributed by atoms with van der Waals surface area (Å²) in [5.74, 6) is 0.111. The number of rotatable bonds is 5. The van der Waals surface area contributed by atoms with Crippen LogP contribution in [-0.4, -0.2) is 50.4 Å². The van der Waals surface area contributed by atoms with Crippen LogP contribution in [0.2, 0.25) is 0 Å². The van der Waals surface area contributed by atoms with Crippen molar-refractivity contribution >= 4 is 32.1 Å². The molecule has 0 aromatic heterocycles. The number of anilines is 1. The first-order valence-electron chi connectivity index (χ1n) is 6.91. The Labute approximate surface area is 150 Å². The Morgan fingerprint density at radius 3 is 2.35 bits per heavy atom. The zero-order valence-electron chi connectivity index (χ0n) is 14.1. The molecular weight excluding hydrogens is 484 g/mol. The van der Waals surface area contributed by atoms with E-state index < -0.39 is 10.0 Å². The van der Waals surface area contributed by atoms with Crippen LogP contribution in [0.25, 0.3) is 6.08 Å². The molecule has 0 bridgehead atoms. The molecule has 0 N–H and O–H groups in total. The van der Waals surface area contributed by atoms with Crippen LogP contribution in [0.4, 0.5) is 5.69 Å². The number of allylic oxidation sites excluding steroid dienone is 1. The summed E-state index contributed by atoms with van der Waals surface area (Å²) < 4.78 is 23.7. The predicted octanol–water partition coefficient (Wildman–Crippen LogP) is 1.73. The number of hydrogen-bond acceptors (Lipinski definition) is 3.